The normalized spacial score (nSPS) is 17.1. The molecule has 0 spiro atoms. The van der Waals surface area contributed by atoms with Crippen LogP contribution in [0.4, 0.5) is 0 Å². The molecule has 0 saturated carbocycles. The molecule has 0 radical (unpaired) electrons. The summed E-state index contributed by atoms with van der Waals surface area (Å²) >= 11 is 12.7. The van der Waals surface area contributed by atoms with Gasteiger partial charge in [0.15, 0.2) is 11.5 Å². The number of methoxy groups -OCH3 is 1. The van der Waals surface area contributed by atoms with Gasteiger partial charge >= 0.3 is 0 Å². The molecule has 1 aliphatic rings. The molecule has 152 valence electrons. The summed E-state index contributed by atoms with van der Waals surface area (Å²) < 4.78 is 11.4. The van der Waals surface area contributed by atoms with Gasteiger partial charge in [-0.2, -0.15) is 0 Å². The Morgan fingerprint density at radius 1 is 1.11 bits per heavy atom. The van der Waals surface area contributed by atoms with E-state index in [0.29, 0.717) is 40.7 Å². The Bertz CT molecular complexity index is 785. The van der Waals surface area contributed by atoms with E-state index in [4.69, 9.17) is 32.7 Å². The van der Waals surface area contributed by atoms with E-state index in [9.17, 15) is 0 Å². The van der Waals surface area contributed by atoms with Crippen LogP contribution in [0.2, 0.25) is 10.0 Å². The zero-order chi connectivity index (χ0) is 19.9. The Kier molecular flexibility index (Phi) is 7.86. The summed E-state index contributed by atoms with van der Waals surface area (Å²) in [5.74, 6) is 1.29. The molecule has 1 saturated heterocycles. The minimum Gasteiger partial charge on any atom is -0.493 e. The molecule has 0 amide bonds. The molecule has 28 heavy (non-hydrogen) atoms. The second kappa shape index (κ2) is 10.4. The van der Waals surface area contributed by atoms with Gasteiger partial charge in [-0.3, -0.25) is 4.90 Å². The SMILES string of the molecule is CCN1CCCC1CNCc1cc(OC)c(OCc2ccccc2Cl)cc1Cl. The molecule has 2 aromatic rings. The highest BCUT2D eigenvalue weighted by atomic mass is 35.5. The smallest absolute Gasteiger partial charge is 0.163 e. The second-order valence-electron chi connectivity index (χ2n) is 7.03. The van der Waals surface area contributed by atoms with E-state index in [-0.39, 0.29) is 0 Å². The zero-order valence-corrected chi connectivity index (χ0v) is 18.0. The van der Waals surface area contributed by atoms with Crippen molar-refractivity contribution in [2.24, 2.45) is 0 Å². The van der Waals surface area contributed by atoms with Crippen molar-refractivity contribution in [2.45, 2.75) is 39.0 Å². The van der Waals surface area contributed by atoms with Crippen molar-refractivity contribution in [1.82, 2.24) is 10.2 Å². The quantitative estimate of drug-likeness (QED) is 0.605. The molecule has 1 aliphatic heterocycles. The van der Waals surface area contributed by atoms with Crippen molar-refractivity contribution in [3.8, 4) is 11.5 Å². The standard InChI is InChI=1S/C22H28Cl2N2O2/c1-3-26-10-6-8-18(26)14-25-13-17-11-21(27-2)22(12-20(17)24)28-15-16-7-4-5-9-19(16)23/h4-5,7,9,11-12,18,25H,3,6,8,10,13-15H2,1-2H3. The molecule has 1 N–H and O–H groups in total. The lowest BCUT2D eigenvalue weighted by Crippen LogP contribution is -2.37. The Hall–Kier alpha value is -1.46. The third kappa shape index (κ3) is 5.32. The largest absolute Gasteiger partial charge is 0.493 e. The van der Waals surface area contributed by atoms with Crippen LogP contribution in [0.15, 0.2) is 36.4 Å². The topological polar surface area (TPSA) is 33.7 Å². The first-order valence-electron chi connectivity index (χ1n) is 9.79. The van der Waals surface area contributed by atoms with E-state index >= 15 is 0 Å². The molecule has 2 aromatic carbocycles. The van der Waals surface area contributed by atoms with Gasteiger partial charge in [-0.25, -0.2) is 0 Å². The highest BCUT2D eigenvalue weighted by Gasteiger charge is 2.22. The lowest BCUT2D eigenvalue weighted by atomic mass is 10.1. The summed E-state index contributed by atoms with van der Waals surface area (Å²) in [6, 6.07) is 12.0. The maximum Gasteiger partial charge on any atom is 0.163 e. The number of ether oxygens (including phenoxy) is 2. The van der Waals surface area contributed by atoms with E-state index in [0.717, 1.165) is 24.2 Å². The zero-order valence-electron chi connectivity index (χ0n) is 16.5. The molecule has 3 rings (SSSR count). The molecular formula is C22H28Cl2N2O2. The third-order valence-electron chi connectivity index (χ3n) is 5.27. The van der Waals surface area contributed by atoms with Crippen LogP contribution < -0.4 is 14.8 Å². The van der Waals surface area contributed by atoms with Crippen LogP contribution in [0.25, 0.3) is 0 Å². The average molecular weight is 423 g/mol. The number of hydrogen-bond donors (Lipinski definition) is 1. The van der Waals surface area contributed by atoms with E-state index in [1.807, 2.05) is 36.4 Å². The van der Waals surface area contributed by atoms with Crippen LogP contribution in [0.1, 0.15) is 30.9 Å². The maximum absolute atomic E-state index is 6.51. The number of likely N-dealkylation sites (N-methyl/N-ethyl adjacent to an activating group) is 1. The van der Waals surface area contributed by atoms with Crippen molar-refractivity contribution in [3.05, 3.63) is 57.6 Å². The second-order valence-corrected chi connectivity index (χ2v) is 7.84. The molecule has 1 fully saturated rings. The van der Waals surface area contributed by atoms with Gasteiger partial charge in [0, 0.05) is 40.8 Å². The monoisotopic (exact) mass is 422 g/mol. The van der Waals surface area contributed by atoms with Crippen molar-refractivity contribution in [3.63, 3.8) is 0 Å². The van der Waals surface area contributed by atoms with E-state index in [2.05, 4.69) is 17.1 Å². The van der Waals surface area contributed by atoms with Crippen molar-refractivity contribution < 1.29 is 9.47 Å². The molecule has 0 bridgehead atoms. The lowest BCUT2D eigenvalue weighted by molar-refractivity contribution is 0.260. The van der Waals surface area contributed by atoms with E-state index in [1.165, 1.54) is 19.4 Å². The van der Waals surface area contributed by atoms with E-state index < -0.39 is 0 Å². The minimum atomic E-state index is 0.360. The average Bonchev–Trinajstić information content (AvgIpc) is 3.16. The molecular weight excluding hydrogens is 395 g/mol. The van der Waals surface area contributed by atoms with Gasteiger partial charge in [-0.05, 0) is 43.6 Å². The van der Waals surface area contributed by atoms with Gasteiger partial charge in [0.2, 0.25) is 0 Å². The molecule has 0 aromatic heterocycles. The number of likely N-dealkylation sites (tertiary alicyclic amines) is 1. The first-order valence-corrected chi connectivity index (χ1v) is 10.5. The summed E-state index contributed by atoms with van der Waals surface area (Å²) in [7, 11) is 1.64. The molecule has 1 unspecified atom stereocenters. The molecule has 4 nitrogen and oxygen atoms in total. The van der Waals surface area contributed by atoms with Crippen molar-refractivity contribution in [1.29, 1.82) is 0 Å². The van der Waals surface area contributed by atoms with Gasteiger partial charge < -0.3 is 14.8 Å². The summed E-state index contributed by atoms with van der Waals surface area (Å²) in [6.45, 7) is 6.57. The lowest BCUT2D eigenvalue weighted by Gasteiger charge is -2.23. The number of nitrogens with one attached hydrogen (secondary N) is 1. The first-order chi connectivity index (χ1) is 13.6. The first kappa shape index (κ1) is 21.3. The summed E-state index contributed by atoms with van der Waals surface area (Å²) in [5.41, 5.74) is 1.93. The van der Waals surface area contributed by atoms with Crippen LogP contribution >= 0.6 is 23.2 Å². The summed E-state index contributed by atoms with van der Waals surface area (Å²) in [4.78, 5) is 2.53. The minimum absolute atomic E-state index is 0.360. The maximum atomic E-state index is 6.51. The molecule has 0 aliphatic carbocycles. The van der Waals surface area contributed by atoms with Gasteiger partial charge in [-0.1, -0.05) is 48.3 Å². The predicted molar refractivity (Wildman–Crippen MR) is 116 cm³/mol. The Balaban J connectivity index is 1.61. The van der Waals surface area contributed by atoms with Gasteiger partial charge in [-0.15, -0.1) is 0 Å². The van der Waals surface area contributed by atoms with Gasteiger partial charge in [0.25, 0.3) is 0 Å². The number of nitrogens with zero attached hydrogens (tertiary/aromatic N) is 1. The van der Waals surface area contributed by atoms with Crippen LogP contribution in [-0.2, 0) is 13.2 Å². The number of hydrogen-bond acceptors (Lipinski definition) is 4. The fraction of sp³-hybridized carbons (Fsp3) is 0.455. The Morgan fingerprint density at radius 2 is 1.93 bits per heavy atom. The highest BCUT2D eigenvalue weighted by molar-refractivity contribution is 6.31. The Labute approximate surface area is 177 Å². The van der Waals surface area contributed by atoms with Crippen LogP contribution in [0, 0.1) is 0 Å². The predicted octanol–water partition coefficient (Wildman–Crippen LogP) is 5.15. The van der Waals surface area contributed by atoms with Crippen LogP contribution in [-0.4, -0.2) is 37.7 Å². The molecule has 6 heteroatoms. The van der Waals surface area contributed by atoms with Gasteiger partial charge in [0.05, 0.1) is 7.11 Å². The van der Waals surface area contributed by atoms with Crippen LogP contribution in [0.3, 0.4) is 0 Å². The summed E-state index contributed by atoms with van der Waals surface area (Å²) in [6.07, 6.45) is 2.54. The van der Waals surface area contributed by atoms with Crippen molar-refractivity contribution >= 4 is 23.2 Å². The number of benzene rings is 2. The third-order valence-corrected chi connectivity index (χ3v) is 5.99. The highest BCUT2D eigenvalue weighted by Crippen LogP contribution is 2.34. The fourth-order valence-corrected chi connectivity index (χ4v) is 4.08. The summed E-state index contributed by atoms with van der Waals surface area (Å²) in [5, 5.41) is 4.89. The Morgan fingerprint density at radius 3 is 2.68 bits per heavy atom. The van der Waals surface area contributed by atoms with Crippen LogP contribution in [0.5, 0.6) is 11.5 Å². The fourth-order valence-electron chi connectivity index (χ4n) is 3.67. The van der Waals surface area contributed by atoms with E-state index in [1.54, 1.807) is 7.11 Å². The van der Waals surface area contributed by atoms with Crippen molar-refractivity contribution in [2.75, 3.05) is 26.7 Å². The molecule has 1 heterocycles. The number of halogens is 2. The number of rotatable bonds is 9. The van der Waals surface area contributed by atoms with Gasteiger partial charge in [0.1, 0.15) is 6.61 Å². The molecule has 1 atom stereocenters.